The number of hydrogen-bond donors (Lipinski definition) is 1. The minimum absolute atomic E-state index is 0.284. The lowest BCUT2D eigenvalue weighted by atomic mass is 9.49. The third-order valence-electron chi connectivity index (χ3n) is 11.1. The van der Waals surface area contributed by atoms with Crippen LogP contribution in [0.5, 0.6) is 0 Å². The molecule has 0 radical (unpaired) electrons. The van der Waals surface area contributed by atoms with E-state index in [1.54, 1.807) is 25.1 Å². The predicted molar refractivity (Wildman–Crippen MR) is 140 cm³/mol. The van der Waals surface area contributed by atoms with Crippen LogP contribution in [0.3, 0.4) is 0 Å². The van der Waals surface area contributed by atoms with E-state index in [9.17, 15) is 13.2 Å². The summed E-state index contributed by atoms with van der Waals surface area (Å²) in [4.78, 5) is 0. The molecule has 0 spiro atoms. The summed E-state index contributed by atoms with van der Waals surface area (Å²) >= 11 is 0. The number of rotatable bonds is 6. The number of fused-ring (bicyclic) bond motifs is 5. The molecule has 6 heteroatoms. The number of ether oxygens (including phenoxy) is 1. The summed E-state index contributed by atoms with van der Waals surface area (Å²) in [5.41, 5.74) is 1.37. The van der Waals surface area contributed by atoms with Crippen molar-refractivity contribution in [2.45, 2.75) is 90.8 Å². The standard InChI is InChI=1S/C31H43F3N2O/c1-4-37-18-21-5-8-23-22(16-21)7-9-25-24(23)13-14-30(3)26(25)10-11-27(30)29(31(32,33)34)36-28-12-6-20(17-35)15-19(28)2/h6,12,15,21-27,29,36H,4-5,7-11,13-14,16,18H2,1-3H3. The largest absolute Gasteiger partial charge is 0.408 e. The highest BCUT2D eigenvalue weighted by molar-refractivity contribution is 5.55. The summed E-state index contributed by atoms with van der Waals surface area (Å²) < 4.78 is 49.6. The fraction of sp³-hybridized carbons (Fsp3) is 0.774. The van der Waals surface area contributed by atoms with Gasteiger partial charge in [0.15, 0.2) is 0 Å². The zero-order valence-corrected chi connectivity index (χ0v) is 22.6. The van der Waals surface area contributed by atoms with Crippen LogP contribution in [-0.4, -0.2) is 25.4 Å². The first kappa shape index (κ1) is 26.9. The Morgan fingerprint density at radius 2 is 1.86 bits per heavy atom. The molecule has 37 heavy (non-hydrogen) atoms. The highest BCUT2D eigenvalue weighted by Crippen LogP contribution is 2.65. The molecule has 0 aliphatic heterocycles. The zero-order valence-electron chi connectivity index (χ0n) is 22.6. The topological polar surface area (TPSA) is 45.0 Å². The molecule has 1 aromatic carbocycles. The van der Waals surface area contributed by atoms with E-state index < -0.39 is 18.1 Å². The van der Waals surface area contributed by atoms with Crippen LogP contribution in [-0.2, 0) is 4.74 Å². The van der Waals surface area contributed by atoms with Gasteiger partial charge in [0.25, 0.3) is 0 Å². The number of halogens is 3. The van der Waals surface area contributed by atoms with E-state index >= 15 is 0 Å². The number of nitriles is 1. The molecule has 0 aromatic heterocycles. The first-order valence-corrected chi connectivity index (χ1v) is 14.6. The summed E-state index contributed by atoms with van der Waals surface area (Å²) in [5, 5.41) is 12.1. The van der Waals surface area contributed by atoms with Crippen molar-refractivity contribution in [1.82, 2.24) is 0 Å². The average molecular weight is 517 g/mol. The average Bonchev–Trinajstić information content (AvgIpc) is 3.22. The van der Waals surface area contributed by atoms with Crippen LogP contribution in [0.4, 0.5) is 18.9 Å². The van der Waals surface area contributed by atoms with Gasteiger partial charge in [-0.1, -0.05) is 6.92 Å². The van der Waals surface area contributed by atoms with Gasteiger partial charge >= 0.3 is 6.18 Å². The Bertz CT molecular complexity index is 1000. The number of anilines is 1. The lowest BCUT2D eigenvalue weighted by Crippen LogP contribution is -2.53. The monoisotopic (exact) mass is 516 g/mol. The molecule has 0 saturated heterocycles. The highest BCUT2D eigenvalue weighted by Gasteiger charge is 2.61. The van der Waals surface area contributed by atoms with Gasteiger partial charge in [-0.2, -0.15) is 18.4 Å². The maximum atomic E-state index is 14.6. The second-order valence-electron chi connectivity index (χ2n) is 12.8. The van der Waals surface area contributed by atoms with Gasteiger partial charge < -0.3 is 10.1 Å². The fourth-order valence-corrected chi connectivity index (χ4v) is 9.45. The van der Waals surface area contributed by atoms with E-state index in [1.165, 1.54) is 32.1 Å². The molecule has 204 valence electrons. The molecule has 0 amide bonds. The number of alkyl halides is 3. The van der Waals surface area contributed by atoms with Crippen LogP contribution in [0.2, 0.25) is 0 Å². The van der Waals surface area contributed by atoms with Gasteiger partial charge in [-0.3, -0.25) is 0 Å². The lowest BCUT2D eigenvalue weighted by molar-refractivity contribution is -0.168. The van der Waals surface area contributed by atoms with Crippen molar-refractivity contribution < 1.29 is 17.9 Å². The third-order valence-corrected chi connectivity index (χ3v) is 11.1. The van der Waals surface area contributed by atoms with Crippen molar-refractivity contribution in [3.63, 3.8) is 0 Å². The minimum atomic E-state index is -4.32. The molecule has 3 nitrogen and oxygen atoms in total. The zero-order chi connectivity index (χ0) is 26.4. The SMILES string of the molecule is CCOCC1CCC2C(CCC3C2CCC2(C)C3CCC2C(Nc2ccc(C#N)cc2C)C(F)(F)F)C1. The first-order valence-electron chi connectivity index (χ1n) is 14.6. The van der Waals surface area contributed by atoms with Gasteiger partial charge in [-0.15, -0.1) is 0 Å². The van der Waals surface area contributed by atoms with Gasteiger partial charge in [-0.05, 0) is 142 Å². The Labute approximate surface area is 220 Å². The molecule has 1 N–H and O–H groups in total. The first-order chi connectivity index (χ1) is 17.7. The van der Waals surface area contributed by atoms with Crippen LogP contribution in [0.25, 0.3) is 0 Å². The smallest absolute Gasteiger partial charge is 0.381 e. The summed E-state index contributed by atoms with van der Waals surface area (Å²) in [6.45, 7) is 7.70. The summed E-state index contributed by atoms with van der Waals surface area (Å²) in [6, 6.07) is 5.43. The van der Waals surface area contributed by atoms with Crippen LogP contribution in [0.15, 0.2) is 18.2 Å². The van der Waals surface area contributed by atoms with Gasteiger partial charge in [0.05, 0.1) is 11.6 Å². The van der Waals surface area contributed by atoms with Crippen molar-refractivity contribution in [1.29, 1.82) is 5.26 Å². The second kappa shape index (κ2) is 10.4. The molecule has 4 aliphatic carbocycles. The Hall–Kier alpha value is -1.74. The van der Waals surface area contributed by atoms with E-state index in [0.29, 0.717) is 46.9 Å². The van der Waals surface area contributed by atoms with Crippen molar-refractivity contribution in [3.8, 4) is 6.07 Å². The normalized spacial score (nSPS) is 38.1. The number of hydrogen-bond acceptors (Lipinski definition) is 3. The van der Waals surface area contributed by atoms with Gasteiger partial charge in [0.2, 0.25) is 0 Å². The molecule has 0 bridgehead atoms. The third kappa shape index (κ3) is 5.02. The van der Waals surface area contributed by atoms with E-state index in [-0.39, 0.29) is 5.41 Å². The molecule has 0 heterocycles. The lowest BCUT2D eigenvalue weighted by Gasteiger charge is -2.57. The summed E-state index contributed by atoms with van der Waals surface area (Å²) in [6.07, 6.45) is 5.49. The minimum Gasteiger partial charge on any atom is -0.381 e. The van der Waals surface area contributed by atoms with E-state index in [0.717, 1.165) is 44.3 Å². The molecule has 1 aromatic rings. The number of nitrogens with zero attached hydrogens (tertiary/aromatic N) is 1. The van der Waals surface area contributed by atoms with Crippen LogP contribution in [0, 0.1) is 65.1 Å². The predicted octanol–water partition coefficient (Wildman–Crippen LogP) is 8.13. The second-order valence-corrected chi connectivity index (χ2v) is 12.8. The molecular weight excluding hydrogens is 473 g/mol. The molecule has 9 unspecified atom stereocenters. The number of aryl methyl sites for hydroxylation is 1. The Morgan fingerprint density at radius 1 is 1.08 bits per heavy atom. The molecule has 5 rings (SSSR count). The number of benzene rings is 1. The maximum absolute atomic E-state index is 14.6. The van der Waals surface area contributed by atoms with Crippen LogP contribution >= 0.6 is 0 Å². The molecular formula is C31H43F3N2O. The maximum Gasteiger partial charge on any atom is 0.408 e. The molecule has 4 fully saturated rings. The van der Waals surface area contributed by atoms with Crippen molar-refractivity contribution in [3.05, 3.63) is 29.3 Å². The van der Waals surface area contributed by atoms with Gasteiger partial charge in [0, 0.05) is 18.9 Å². The van der Waals surface area contributed by atoms with Crippen LogP contribution in [0.1, 0.15) is 82.8 Å². The van der Waals surface area contributed by atoms with E-state index in [4.69, 9.17) is 10.00 Å². The van der Waals surface area contributed by atoms with Gasteiger partial charge in [0.1, 0.15) is 6.04 Å². The molecule has 4 aliphatic rings. The quantitative estimate of drug-likeness (QED) is 0.415. The Kier molecular flexibility index (Phi) is 7.57. The van der Waals surface area contributed by atoms with Crippen LogP contribution < -0.4 is 5.32 Å². The highest BCUT2D eigenvalue weighted by atomic mass is 19.4. The van der Waals surface area contributed by atoms with Crippen molar-refractivity contribution >= 4 is 5.69 Å². The van der Waals surface area contributed by atoms with E-state index in [2.05, 4.69) is 25.2 Å². The van der Waals surface area contributed by atoms with E-state index in [1.807, 2.05) is 0 Å². The summed E-state index contributed by atoms with van der Waals surface area (Å²) in [7, 11) is 0. The fourth-order valence-electron chi connectivity index (χ4n) is 9.45. The Balaban J connectivity index is 1.33. The molecule has 9 atom stereocenters. The van der Waals surface area contributed by atoms with Gasteiger partial charge in [-0.25, -0.2) is 0 Å². The number of nitrogens with one attached hydrogen (secondary N) is 1. The molecule has 4 saturated carbocycles. The Morgan fingerprint density at radius 3 is 2.57 bits per heavy atom. The van der Waals surface area contributed by atoms with Crippen molar-refractivity contribution in [2.24, 2.45) is 46.8 Å². The van der Waals surface area contributed by atoms with Crippen molar-refractivity contribution in [2.75, 3.05) is 18.5 Å². The summed E-state index contributed by atoms with van der Waals surface area (Å²) in [5.74, 6) is 3.48.